The number of rotatable bonds is 5. The number of ether oxygens (including phenoxy) is 1. The molecule has 0 fully saturated rings. The molecule has 0 aromatic heterocycles. The van der Waals surface area contributed by atoms with Gasteiger partial charge in [0.2, 0.25) is 0 Å². The van der Waals surface area contributed by atoms with Gasteiger partial charge in [-0.25, -0.2) is 0 Å². The van der Waals surface area contributed by atoms with E-state index in [2.05, 4.69) is 28.1 Å². The summed E-state index contributed by atoms with van der Waals surface area (Å²) in [6, 6.07) is 4.21. The highest BCUT2D eigenvalue weighted by Gasteiger charge is 2.05. The van der Waals surface area contributed by atoms with Crippen LogP contribution in [0.1, 0.15) is 24.0 Å². The highest BCUT2D eigenvalue weighted by atomic mass is 79.9. The molecule has 15 heavy (non-hydrogen) atoms. The Bertz CT molecular complexity index is 326. The Morgan fingerprint density at radius 2 is 2.07 bits per heavy atom. The highest BCUT2D eigenvalue weighted by molar-refractivity contribution is 9.10. The zero-order valence-electron chi connectivity index (χ0n) is 9.35. The van der Waals surface area contributed by atoms with Crippen molar-refractivity contribution in [2.75, 3.05) is 13.7 Å². The average molecular weight is 272 g/mol. The summed E-state index contributed by atoms with van der Waals surface area (Å²) in [5.74, 6) is 0.959. The van der Waals surface area contributed by atoms with Crippen molar-refractivity contribution in [1.29, 1.82) is 0 Å². The fraction of sp³-hybridized carbons (Fsp3) is 0.500. The van der Waals surface area contributed by atoms with Gasteiger partial charge in [-0.3, -0.25) is 0 Å². The molecule has 0 amide bonds. The molecule has 2 nitrogen and oxygen atoms in total. The van der Waals surface area contributed by atoms with Gasteiger partial charge in [-0.2, -0.15) is 0 Å². The molecule has 0 bridgehead atoms. The molecule has 1 aromatic carbocycles. The van der Waals surface area contributed by atoms with E-state index >= 15 is 0 Å². The van der Waals surface area contributed by atoms with Crippen molar-refractivity contribution in [3.05, 3.63) is 27.7 Å². The largest absolute Gasteiger partial charge is 0.496 e. The van der Waals surface area contributed by atoms with E-state index in [4.69, 9.17) is 10.5 Å². The van der Waals surface area contributed by atoms with Crippen molar-refractivity contribution in [1.82, 2.24) is 0 Å². The zero-order valence-corrected chi connectivity index (χ0v) is 10.9. The molecule has 3 heteroatoms. The van der Waals surface area contributed by atoms with Crippen molar-refractivity contribution < 1.29 is 4.74 Å². The second kappa shape index (κ2) is 6.13. The van der Waals surface area contributed by atoms with E-state index in [0.717, 1.165) is 41.6 Å². The second-order valence-corrected chi connectivity index (χ2v) is 4.51. The second-order valence-electron chi connectivity index (χ2n) is 3.66. The molecule has 0 saturated heterocycles. The van der Waals surface area contributed by atoms with Gasteiger partial charge in [-0.1, -0.05) is 15.9 Å². The van der Waals surface area contributed by atoms with Gasteiger partial charge in [-0.05, 0) is 56.0 Å². The lowest BCUT2D eigenvalue weighted by molar-refractivity contribution is 0.411. The minimum absolute atomic E-state index is 0.764. The van der Waals surface area contributed by atoms with E-state index in [9.17, 15) is 0 Å². The Morgan fingerprint density at radius 1 is 1.33 bits per heavy atom. The number of aryl methyl sites for hydroxylation is 2. The standard InChI is InChI=1S/C12H18BrNO/c1-9-7-11(13)10(5-3-4-6-14)8-12(9)15-2/h7-8H,3-6,14H2,1-2H3. The molecule has 2 N–H and O–H groups in total. The third-order valence-corrected chi connectivity index (χ3v) is 3.20. The highest BCUT2D eigenvalue weighted by Crippen LogP contribution is 2.27. The topological polar surface area (TPSA) is 35.2 Å². The number of halogens is 1. The van der Waals surface area contributed by atoms with Crippen LogP contribution in [-0.4, -0.2) is 13.7 Å². The molecule has 0 spiro atoms. The first-order valence-corrected chi connectivity index (χ1v) is 6.01. The monoisotopic (exact) mass is 271 g/mol. The van der Waals surface area contributed by atoms with Gasteiger partial charge in [0.1, 0.15) is 5.75 Å². The van der Waals surface area contributed by atoms with Gasteiger partial charge in [0, 0.05) is 4.47 Å². The zero-order chi connectivity index (χ0) is 11.3. The number of methoxy groups -OCH3 is 1. The van der Waals surface area contributed by atoms with Crippen molar-refractivity contribution in [2.24, 2.45) is 5.73 Å². The minimum atomic E-state index is 0.764. The van der Waals surface area contributed by atoms with Crippen LogP contribution in [0.2, 0.25) is 0 Å². The fourth-order valence-electron chi connectivity index (χ4n) is 1.57. The normalized spacial score (nSPS) is 10.4. The maximum absolute atomic E-state index is 5.47. The average Bonchev–Trinajstić information content (AvgIpc) is 2.21. The van der Waals surface area contributed by atoms with Gasteiger partial charge in [-0.15, -0.1) is 0 Å². The molecule has 1 rings (SSSR count). The molecule has 84 valence electrons. The summed E-state index contributed by atoms with van der Waals surface area (Å²) < 4.78 is 6.47. The summed E-state index contributed by atoms with van der Waals surface area (Å²) >= 11 is 3.58. The molecule has 0 aliphatic heterocycles. The van der Waals surface area contributed by atoms with Crippen LogP contribution < -0.4 is 10.5 Å². The number of benzene rings is 1. The lowest BCUT2D eigenvalue weighted by atomic mass is 10.1. The number of hydrogen-bond acceptors (Lipinski definition) is 2. The SMILES string of the molecule is COc1cc(CCCCN)c(Br)cc1C. The van der Waals surface area contributed by atoms with E-state index in [1.165, 1.54) is 5.56 Å². The molecule has 1 aromatic rings. The lowest BCUT2D eigenvalue weighted by Crippen LogP contribution is -1.99. The molecule has 0 aliphatic rings. The van der Waals surface area contributed by atoms with Crippen molar-refractivity contribution in [3.8, 4) is 5.75 Å². The van der Waals surface area contributed by atoms with E-state index in [0.29, 0.717) is 0 Å². The maximum Gasteiger partial charge on any atom is 0.122 e. The van der Waals surface area contributed by atoms with Crippen LogP contribution in [-0.2, 0) is 6.42 Å². The van der Waals surface area contributed by atoms with Crippen molar-refractivity contribution in [2.45, 2.75) is 26.2 Å². The van der Waals surface area contributed by atoms with Gasteiger partial charge in [0.05, 0.1) is 7.11 Å². The Morgan fingerprint density at radius 3 is 2.67 bits per heavy atom. The van der Waals surface area contributed by atoms with Crippen molar-refractivity contribution >= 4 is 15.9 Å². The van der Waals surface area contributed by atoms with Crippen LogP contribution in [0.3, 0.4) is 0 Å². The molecule has 0 saturated carbocycles. The van der Waals surface area contributed by atoms with Gasteiger partial charge < -0.3 is 10.5 Å². The van der Waals surface area contributed by atoms with Crippen LogP contribution >= 0.6 is 15.9 Å². The molecule has 0 radical (unpaired) electrons. The summed E-state index contributed by atoms with van der Waals surface area (Å²) in [6.45, 7) is 2.81. The first-order valence-electron chi connectivity index (χ1n) is 5.22. The Hall–Kier alpha value is -0.540. The summed E-state index contributed by atoms with van der Waals surface area (Å²) in [5, 5.41) is 0. The molecule has 0 heterocycles. The van der Waals surface area contributed by atoms with Crippen LogP contribution in [0.25, 0.3) is 0 Å². The molecular formula is C12H18BrNO. The number of nitrogens with two attached hydrogens (primary N) is 1. The summed E-state index contributed by atoms with van der Waals surface area (Å²) in [7, 11) is 1.71. The van der Waals surface area contributed by atoms with Crippen LogP contribution in [0, 0.1) is 6.92 Å². The Kier molecular flexibility index (Phi) is 5.12. The molecule has 0 aliphatic carbocycles. The quantitative estimate of drug-likeness (QED) is 0.836. The maximum atomic E-state index is 5.47. The van der Waals surface area contributed by atoms with Crippen molar-refractivity contribution in [3.63, 3.8) is 0 Å². The van der Waals surface area contributed by atoms with Crippen LogP contribution in [0.4, 0.5) is 0 Å². The van der Waals surface area contributed by atoms with Gasteiger partial charge in [0.15, 0.2) is 0 Å². The molecular weight excluding hydrogens is 254 g/mol. The minimum Gasteiger partial charge on any atom is -0.496 e. The van der Waals surface area contributed by atoms with E-state index in [1.807, 2.05) is 6.92 Å². The van der Waals surface area contributed by atoms with E-state index < -0.39 is 0 Å². The number of unbranched alkanes of at least 4 members (excludes halogenated alkanes) is 1. The molecule has 0 unspecified atom stereocenters. The first kappa shape index (κ1) is 12.5. The summed E-state index contributed by atoms with van der Waals surface area (Å²) in [5.41, 5.74) is 7.93. The van der Waals surface area contributed by atoms with E-state index in [-0.39, 0.29) is 0 Å². The predicted molar refractivity (Wildman–Crippen MR) is 67.4 cm³/mol. The third-order valence-electron chi connectivity index (χ3n) is 2.46. The van der Waals surface area contributed by atoms with Gasteiger partial charge >= 0.3 is 0 Å². The third kappa shape index (κ3) is 3.50. The summed E-state index contributed by atoms with van der Waals surface area (Å²) in [6.07, 6.45) is 3.25. The van der Waals surface area contributed by atoms with Crippen LogP contribution in [0.5, 0.6) is 5.75 Å². The predicted octanol–water partition coefficient (Wildman–Crippen LogP) is 3.05. The fourth-order valence-corrected chi connectivity index (χ4v) is 2.22. The van der Waals surface area contributed by atoms with E-state index in [1.54, 1.807) is 7.11 Å². The molecule has 0 atom stereocenters. The smallest absolute Gasteiger partial charge is 0.122 e. The Balaban J connectivity index is 2.78. The Labute approximate surface area is 99.9 Å². The lowest BCUT2D eigenvalue weighted by Gasteiger charge is -2.10. The first-order chi connectivity index (χ1) is 7.19. The summed E-state index contributed by atoms with van der Waals surface area (Å²) in [4.78, 5) is 0. The van der Waals surface area contributed by atoms with Crippen LogP contribution in [0.15, 0.2) is 16.6 Å². The number of hydrogen-bond donors (Lipinski definition) is 1. The van der Waals surface area contributed by atoms with Gasteiger partial charge in [0.25, 0.3) is 0 Å².